The van der Waals surface area contributed by atoms with Crippen molar-refractivity contribution in [3.05, 3.63) is 33.8 Å². The highest BCUT2D eigenvalue weighted by atomic mass is 35.5. The van der Waals surface area contributed by atoms with Crippen LogP contribution in [0.1, 0.15) is 0 Å². The number of hydrogen-bond acceptors (Lipinski definition) is 5. The molecule has 0 atom stereocenters. The Morgan fingerprint density at radius 3 is 2.86 bits per heavy atom. The van der Waals surface area contributed by atoms with Crippen molar-refractivity contribution in [2.45, 2.75) is 4.90 Å². The number of rotatable bonds is 4. The van der Waals surface area contributed by atoms with E-state index < -0.39 is 10.0 Å². The van der Waals surface area contributed by atoms with E-state index in [1.807, 2.05) is 0 Å². The summed E-state index contributed by atoms with van der Waals surface area (Å²) in [5, 5.41) is 2.62. The van der Waals surface area contributed by atoms with Crippen molar-refractivity contribution in [2.75, 3.05) is 11.8 Å². The largest absolute Gasteiger partial charge is 0.479 e. The number of ether oxygens (including phenoxy) is 1. The SMILES string of the molecule is COc1nscc1NS(=O)(=O)c1c[nH]c2c(Cl)c(Cl)ccc12. The maximum Gasteiger partial charge on any atom is 0.264 e. The summed E-state index contributed by atoms with van der Waals surface area (Å²) in [6.07, 6.45) is 1.36. The van der Waals surface area contributed by atoms with Gasteiger partial charge in [-0.2, -0.15) is 4.37 Å². The summed E-state index contributed by atoms with van der Waals surface area (Å²) in [6.45, 7) is 0. The van der Waals surface area contributed by atoms with E-state index in [9.17, 15) is 8.42 Å². The molecule has 0 aliphatic heterocycles. The minimum Gasteiger partial charge on any atom is -0.479 e. The average Bonchev–Trinajstić information content (AvgIpc) is 3.09. The summed E-state index contributed by atoms with van der Waals surface area (Å²) in [6, 6.07) is 3.14. The first-order valence-corrected chi connectivity index (χ1v) is 8.98. The molecule has 2 aromatic heterocycles. The molecule has 0 saturated carbocycles. The number of fused-ring (bicyclic) bond motifs is 1. The van der Waals surface area contributed by atoms with Crippen LogP contribution in [-0.2, 0) is 10.0 Å². The van der Waals surface area contributed by atoms with Gasteiger partial charge >= 0.3 is 0 Å². The number of nitrogens with zero attached hydrogens (tertiary/aromatic N) is 1. The van der Waals surface area contributed by atoms with Crippen LogP contribution in [-0.4, -0.2) is 24.9 Å². The van der Waals surface area contributed by atoms with Crippen LogP contribution >= 0.6 is 34.7 Å². The highest BCUT2D eigenvalue weighted by Crippen LogP contribution is 2.35. The first-order valence-electron chi connectivity index (χ1n) is 5.90. The zero-order valence-electron chi connectivity index (χ0n) is 11.1. The molecule has 0 amide bonds. The number of halogens is 2. The van der Waals surface area contributed by atoms with Crippen molar-refractivity contribution in [3.8, 4) is 5.88 Å². The number of aromatic nitrogens is 2. The normalized spacial score (nSPS) is 11.8. The van der Waals surface area contributed by atoms with E-state index in [-0.39, 0.29) is 21.5 Å². The zero-order chi connectivity index (χ0) is 15.9. The van der Waals surface area contributed by atoms with Gasteiger partial charge in [0.1, 0.15) is 10.6 Å². The molecule has 0 spiro atoms. The fourth-order valence-corrected chi connectivity index (χ4v) is 4.23. The minimum absolute atomic E-state index is 0.0642. The van der Waals surface area contributed by atoms with Crippen molar-refractivity contribution < 1.29 is 13.2 Å². The Balaban J connectivity index is 2.08. The molecule has 3 rings (SSSR count). The molecule has 0 radical (unpaired) electrons. The van der Waals surface area contributed by atoms with Crippen LogP contribution in [0.4, 0.5) is 5.69 Å². The Morgan fingerprint density at radius 2 is 2.14 bits per heavy atom. The Morgan fingerprint density at radius 1 is 1.36 bits per heavy atom. The summed E-state index contributed by atoms with van der Waals surface area (Å²) in [5.41, 5.74) is 0.742. The van der Waals surface area contributed by atoms with E-state index >= 15 is 0 Å². The summed E-state index contributed by atoms with van der Waals surface area (Å²) in [7, 11) is -2.41. The predicted octanol–water partition coefficient (Wildman–Crippen LogP) is 3.74. The first kappa shape index (κ1) is 15.4. The lowest BCUT2D eigenvalue weighted by Gasteiger charge is -2.06. The fraction of sp³-hybridized carbons (Fsp3) is 0.0833. The second-order valence-electron chi connectivity index (χ2n) is 4.28. The van der Waals surface area contributed by atoms with E-state index in [4.69, 9.17) is 27.9 Å². The molecule has 22 heavy (non-hydrogen) atoms. The zero-order valence-corrected chi connectivity index (χ0v) is 14.2. The number of methoxy groups -OCH3 is 1. The number of benzene rings is 1. The Bertz CT molecular complexity index is 950. The van der Waals surface area contributed by atoms with Crippen molar-refractivity contribution in [2.24, 2.45) is 0 Å². The van der Waals surface area contributed by atoms with E-state index in [1.54, 1.807) is 17.5 Å². The predicted molar refractivity (Wildman–Crippen MR) is 87.8 cm³/mol. The number of H-pyrrole nitrogens is 1. The molecule has 10 heteroatoms. The second kappa shape index (κ2) is 5.62. The van der Waals surface area contributed by atoms with Crippen molar-refractivity contribution in [3.63, 3.8) is 0 Å². The van der Waals surface area contributed by atoms with Gasteiger partial charge in [-0.05, 0) is 23.7 Å². The summed E-state index contributed by atoms with van der Waals surface area (Å²) >= 11 is 13.1. The highest BCUT2D eigenvalue weighted by molar-refractivity contribution is 7.93. The third-order valence-corrected chi connectivity index (χ3v) is 5.79. The van der Waals surface area contributed by atoms with Crippen molar-refractivity contribution in [1.29, 1.82) is 0 Å². The molecule has 3 aromatic rings. The molecular weight excluding hydrogens is 369 g/mol. The fourth-order valence-electron chi connectivity index (χ4n) is 1.98. The van der Waals surface area contributed by atoms with E-state index in [1.165, 1.54) is 13.3 Å². The molecule has 0 bridgehead atoms. The van der Waals surface area contributed by atoms with Gasteiger partial charge in [-0.25, -0.2) is 8.42 Å². The van der Waals surface area contributed by atoms with E-state index in [0.717, 1.165) is 11.5 Å². The summed E-state index contributed by atoms with van der Waals surface area (Å²) in [4.78, 5) is 2.90. The second-order valence-corrected chi connectivity index (χ2v) is 7.34. The van der Waals surface area contributed by atoms with E-state index in [0.29, 0.717) is 15.9 Å². The number of nitrogens with one attached hydrogen (secondary N) is 2. The van der Waals surface area contributed by atoms with Gasteiger partial charge < -0.3 is 9.72 Å². The average molecular weight is 378 g/mol. The Kier molecular flexibility index (Phi) is 3.94. The molecule has 6 nitrogen and oxygen atoms in total. The molecule has 0 aliphatic rings. The van der Waals surface area contributed by atoms with Gasteiger partial charge in [-0.3, -0.25) is 4.72 Å². The maximum absolute atomic E-state index is 12.6. The minimum atomic E-state index is -3.83. The van der Waals surface area contributed by atoms with Gasteiger partial charge in [0, 0.05) is 17.0 Å². The lowest BCUT2D eigenvalue weighted by molar-refractivity contribution is 0.405. The van der Waals surface area contributed by atoms with Gasteiger partial charge in [-0.1, -0.05) is 23.2 Å². The smallest absolute Gasteiger partial charge is 0.264 e. The molecule has 2 heterocycles. The summed E-state index contributed by atoms with van der Waals surface area (Å²) < 4.78 is 36.5. The van der Waals surface area contributed by atoms with Crippen LogP contribution in [0.5, 0.6) is 5.88 Å². The highest BCUT2D eigenvalue weighted by Gasteiger charge is 2.22. The quantitative estimate of drug-likeness (QED) is 0.724. The first-order chi connectivity index (χ1) is 10.4. The third-order valence-electron chi connectivity index (χ3n) is 2.97. The molecule has 0 unspecified atom stereocenters. The van der Waals surface area contributed by atoms with Crippen molar-refractivity contribution in [1.82, 2.24) is 9.36 Å². The topological polar surface area (TPSA) is 84.1 Å². The van der Waals surface area contributed by atoms with Gasteiger partial charge in [0.2, 0.25) is 5.88 Å². The standard InChI is InChI=1S/C12H9Cl2N3O3S2/c1-20-12-8(5-21-16-12)17-22(18,19)9-4-15-11-6(9)2-3-7(13)10(11)14/h2-5,15,17H,1H3. The number of hydrogen-bond donors (Lipinski definition) is 2. The number of anilines is 1. The monoisotopic (exact) mass is 377 g/mol. The Labute approximate surface area is 140 Å². The lowest BCUT2D eigenvalue weighted by Crippen LogP contribution is -2.12. The van der Waals surface area contributed by atoms with Crippen LogP contribution in [0.25, 0.3) is 10.9 Å². The van der Waals surface area contributed by atoms with Crippen LogP contribution in [0.3, 0.4) is 0 Å². The molecule has 2 N–H and O–H groups in total. The molecule has 116 valence electrons. The van der Waals surface area contributed by atoms with Crippen LogP contribution < -0.4 is 9.46 Å². The van der Waals surface area contributed by atoms with E-state index in [2.05, 4.69) is 14.1 Å². The van der Waals surface area contributed by atoms with Gasteiger partial charge in [-0.15, -0.1) is 0 Å². The number of sulfonamides is 1. The van der Waals surface area contributed by atoms with Crippen LogP contribution in [0.2, 0.25) is 10.0 Å². The van der Waals surface area contributed by atoms with Crippen LogP contribution in [0, 0.1) is 0 Å². The van der Waals surface area contributed by atoms with Crippen LogP contribution in [0.15, 0.2) is 28.6 Å². The van der Waals surface area contributed by atoms with Gasteiger partial charge in [0.25, 0.3) is 10.0 Å². The van der Waals surface area contributed by atoms with Gasteiger partial charge in [0.15, 0.2) is 0 Å². The molecule has 0 saturated heterocycles. The maximum atomic E-state index is 12.6. The third kappa shape index (κ3) is 2.52. The lowest BCUT2D eigenvalue weighted by atomic mass is 10.2. The number of aromatic amines is 1. The molecule has 1 aromatic carbocycles. The van der Waals surface area contributed by atoms with Crippen molar-refractivity contribution >= 4 is 61.3 Å². The molecular formula is C12H9Cl2N3O3S2. The Hall–Kier alpha value is -1.48. The summed E-state index contributed by atoms with van der Waals surface area (Å²) in [5.74, 6) is 0.217. The van der Waals surface area contributed by atoms with Gasteiger partial charge in [0.05, 0.1) is 22.7 Å². The molecule has 0 fully saturated rings. The molecule has 0 aliphatic carbocycles.